The van der Waals surface area contributed by atoms with Gasteiger partial charge in [0.1, 0.15) is 6.10 Å². The van der Waals surface area contributed by atoms with Crippen LogP contribution in [0.4, 0.5) is 0 Å². The molecule has 0 aromatic rings. The summed E-state index contributed by atoms with van der Waals surface area (Å²) in [5.74, 6) is 1.43. The van der Waals surface area contributed by atoms with Gasteiger partial charge in [0.15, 0.2) is 6.29 Å². The van der Waals surface area contributed by atoms with E-state index < -0.39 is 18.5 Å². The molecule has 0 aromatic carbocycles. The van der Waals surface area contributed by atoms with Crippen molar-refractivity contribution in [3.8, 4) is 0 Å². The Bertz CT molecular complexity index is 793. The molecule has 5 fully saturated rings. The molecular formula is C27H45NO6. The van der Waals surface area contributed by atoms with Crippen molar-refractivity contribution in [1.82, 2.24) is 0 Å². The highest BCUT2D eigenvalue weighted by Crippen LogP contribution is 2.68. The molecule has 0 amide bonds. The Labute approximate surface area is 204 Å². The van der Waals surface area contributed by atoms with Crippen LogP contribution in [0, 0.1) is 34.5 Å². The van der Waals surface area contributed by atoms with Gasteiger partial charge in [-0.15, -0.1) is 0 Å². The summed E-state index contributed by atoms with van der Waals surface area (Å²) in [5, 5.41) is 20.3. The fourth-order valence-electron chi connectivity index (χ4n) is 9.19. The van der Waals surface area contributed by atoms with Gasteiger partial charge in [0.05, 0.1) is 31.3 Å². The van der Waals surface area contributed by atoms with Crippen molar-refractivity contribution < 1.29 is 29.2 Å². The van der Waals surface area contributed by atoms with Crippen molar-refractivity contribution in [2.45, 2.75) is 121 Å². The highest BCUT2D eigenvalue weighted by Gasteiger charge is 2.67. The number of fused-ring (bicyclic) bond motifs is 5. The van der Waals surface area contributed by atoms with E-state index in [2.05, 4.69) is 13.8 Å². The van der Waals surface area contributed by atoms with E-state index in [1.807, 2.05) is 6.92 Å². The largest absolute Gasteiger partial charge is 0.469 e. The van der Waals surface area contributed by atoms with Crippen LogP contribution in [0.3, 0.4) is 0 Å². The molecule has 0 spiro atoms. The van der Waals surface area contributed by atoms with E-state index in [0.717, 1.165) is 57.8 Å². The lowest BCUT2D eigenvalue weighted by Crippen LogP contribution is -2.66. The van der Waals surface area contributed by atoms with Crippen molar-refractivity contribution in [2.75, 3.05) is 7.11 Å². The number of nitrogens with two attached hydrogens (primary N) is 1. The normalized spacial score (nSPS) is 55.1. The lowest BCUT2D eigenvalue weighted by Gasteiger charge is -2.64. The summed E-state index contributed by atoms with van der Waals surface area (Å²) in [5.41, 5.74) is 7.06. The number of carbonyl (C=O) groups is 1. The standard InChI is InChI=1S/C27H45NO6/c1-15-21(29)14-22(30)24(33-15)34-17-7-10-25(2)16(13-17)5-6-19-18(25)8-11-26(3)20(23(31)32-4)9-12-27(19,26)28/h15-22,24,29-30H,5-14,28H2,1-4H3. The zero-order valence-electron chi connectivity index (χ0n) is 21.4. The monoisotopic (exact) mass is 479 g/mol. The first-order chi connectivity index (χ1) is 16.0. The summed E-state index contributed by atoms with van der Waals surface area (Å²) in [6, 6.07) is 0. The molecular weight excluding hydrogens is 434 g/mol. The van der Waals surface area contributed by atoms with Crippen LogP contribution >= 0.6 is 0 Å². The van der Waals surface area contributed by atoms with Crippen LogP contribution in [0.25, 0.3) is 0 Å². The molecule has 34 heavy (non-hydrogen) atoms. The van der Waals surface area contributed by atoms with Gasteiger partial charge in [0, 0.05) is 12.0 Å². The minimum atomic E-state index is -0.784. The van der Waals surface area contributed by atoms with Crippen molar-refractivity contribution >= 4 is 5.97 Å². The molecule has 1 saturated heterocycles. The van der Waals surface area contributed by atoms with Gasteiger partial charge in [0.2, 0.25) is 0 Å². The summed E-state index contributed by atoms with van der Waals surface area (Å²) in [6.45, 7) is 6.57. The Balaban J connectivity index is 1.29. The summed E-state index contributed by atoms with van der Waals surface area (Å²) in [4.78, 5) is 12.6. The second kappa shape index (κ2) is 8.69. The van der Waals surface area contributed by atoms with Gasteiger partial charge >= 0.3 is 5.97 Å². The summed E-state index contributed by atoms with van der Waals surface area (Å²) in [6.07, 6.45) is 7.15. The molecule has 5 aliphatic rings. The Kier molecular flexibility index (Phi) is 6.37. The number of rotatable bonds is 3. The number of aliphatic hydroxyl groups is 2. The van der Waals surface area contributed by atoms with E-state index in [1.54, 1.807) is 0 Å². The van der Waals surface area contributed by atoms with Crippen LogP contribution < -0.4 is 5.73 Å². The van der Waals surface area contributed by atoms with Gasteiger partial charge in [0.25, 0.3) is 0 Å². The smallest absolute Gasteiger partial charge is 0.309 e. The quantitative estimate of drug-likeness (QED) is 0.421. The van der Waals surface area contributed by atoms with E-state index >= 15 is 0 Å². The van der Waals surface area contributed by atoms with Crippen LogP contribution in [0.1, 0.15) is 85.0 Å². The van der Waals surface area contributed by atoms with Crippen molar-refractivity contribution in [2.24, 2.45) is 40.2 Å². The summed E-state index contributed by atoms with van der Waals surface area (Å²) in [7, 11) is 1.50. The Morgan fingerprint density at radius 1 is 0.971 bits per heavy atom. The fraction of sp³-hybridized carbons (Fsp3) is 0.963. The van der Waals surface area contributed by atoms with Crippen LogP contribution in [0.2, 0.25) is 0 Å². The minimum absolute atomic E-state index is 0.0765. The summed E-state index contributed by atoms with van der Waals surface area (Å²) < 4.78 is 17.3. The maximum absolute atomic E-state index is 12.6. The minimum Gasteiger partial charge on any atom is -0.469 e. The number of ether oxygens (including phenoxy) is 3. The Morgan fingerprint density at radius 2 is 1.74 bits per heavy atom. The predicted octanol–water partition coefficient (Wildman–Crippen LogP) is 3.14. The van der Waals surface area contributed by atoms with Gasteiger partial charge in [-0.1, -0.05) is 13.8 Å². The Morgan fingerprint density at radius 3 is 2.47 bits per heavy atom. The number of aliphatic hydroxyl groups excluding tert-OH is 2. The predicted molar refractivity (Wildman–Crippen MR) is 127 cm³/mol. The molecule has 4 aliphatic carbocycles. The lowest BCUT2D eigenvalue weighted by molar-refractivity contribution is -0.283. The van der Waals surface area contributed by atoms with Gasteiger partial charge in [-0.05, 0) is 93.3 Å². The number of methoxy groups -OCH3 is 1. The number of esters is 1. The fourth-order valence-corrected chi connectivity index (χ4v) is 9.19. The van der Waals surface area contributed by atoms with Crippen LogP contribution in [-0.2, 0) is 19.0 Å². The third-order valence-corrected chi connectivity index (χ3v) is 11.5. The molecule has 0 radical (unpaired) electrons. The zero-order valence-corrected chi connectivity index (χ0v) is 21.4. The molecule has 4 N–H and O–H groups in total. The van der Waals surface area contributed by atoms with Gasteiger partial charge < -0.3 is 30.2 Å². The highest BCUT2D eigenvalue weighted by molar-refractivity contribution is 5.74. The van der Waals surface area contributed by atoms with Crippen molar-refractivity contribution in [3.05, 3.63) is 0 Å². The van der Waals surface area contributed by atoms with Crippen molar-refractivity contribution in [3.63, 3.8) is 0 Å². The average Bonchev–Trinajstić information content (AvgIpc) is 3.08. The maximum atomic E-state index is 12.6. The summed E-state index contributed by atoms with van der Waals surface area (Å²) >= 11 is 0. The number of hydrogen-bond donors (Lipinski definition) is 3. The molecule has 1 heterocycles. The second-order valence-corrected chi connectivity index (χ2v) is 12.7. The lowest BCUT2D eigenvalue weighted by atomic mass is 9.42. The molecule has 12 atom stereocenters. The molecule has 12 unspecified atom stereocenters. The van der Waals surface area contributed by atoms with Gasteiger partial charge in [-0.25, -0.2) is 0 Å². The van der Waals surface area contributed by atoms with Crippen LogP contribution in [-0.4, -0.2) is 59.5 Å². The topological polar surface area (TPSA) is 111 Å². The average molecular weight is 480 g/mol. The second-order valence-electron chi connectivity index (χ2n) is 12.7. The molecule has 7 heteroatoms. The van der Waals surface area contributed by atoms with E-state index in [9.17, 15) is 15.0 Å². The molecule has 194 valence electrons. The molecule has 7 nitrogen and oxygen atoms in total. The third kappa shape index (κ3) is 3.60. The Hall–Kier alpha value is -0.730. The zero-order chi connectivity index (χ0) is 24.5. The molecule has 5 rings (SSSR count). The molecule has 0 aromatic heterocycles. The van der Waals surface area contributed by atoms with Crippen molar-refractivity contribution in [1.29, 1.82) is 0 Å². The van der Waals surface area contributed by atoms with Gasteiger partial charge in [-0.2, -0.15) is 0 Å². The molecule has 0 bridgehead atoms. The number of hydrogen-bond acceptors (Lipinski definition) is 7. The molecule has 4 saturated carbocycles. The van der Waals surface area contributed by atoms with E-state index in [4.69, 9.17) is 19.9 Å². The van der Waals surface area contributed by atoms with E-state index in [0.29, 0.717) is 24.2 Å². The molecule has 1 aliphatic heterocycles. The highest BCUT2D eigenvalue weighted by atomic mass is 16.7. The number of carbonyl (C=O) groups excluding carboxylic acids is 1. The first kappa shape index (κ1) is 24.9. The van der Waals surface area contributed by atoms with Crippen LogP contribution in [0.5, 0.6) is 0 Å². The SMILES string of the molecule is COC(=O)C1CCC2(N)C3CCC4CC(OC5OC(C)C(O)CC5O)CCC4(C)C3CCC12C. The van der Waals surface area contributed by atoms with E-state index in [-0.39, 0.29) is 40.5 Å². The first-order valence-electron chi connectivity index (χ1n) is 13.6. The van der Waals surface area contributed by atoms with Gasteiger partial charge in [-0.3, -0.25) is 4.79 Å². The first-order valence-corrected chi connectivity index (χ1v) is 13.6. The van der Waals surface area contributed by atoms with Crippen LogP contribution in [0.15, 0.2) is 0 Å². The third-order valence-electron chi connectivity index (χ3n) is 11.5. The maximum Gasteiger partial charge on any atom is 0.309 e. The van der Waals surface area contributed by atoms with E-state index in [1.165, 1.54) is 7.11 Å².